The zero-order valence-electron chi connectivity index (χ0n) is 14.3. The van der Waals surface area contributed by atoms with Crippen LogP contribution in [0.3, 0.4) is 0 Å². The number of aromatic amines is 2. The fraction of sp³-hybridized carbons (Fsp3) is 0. The molecule has 0 saturated heterocycles. The minimum atomic E-state index is -0.272. The van der Waals surface area contributed by atoms with E-state index in [1.807, 2.05) is 54.6 Å². The molecule has 0 atom stereocenters. The van der Waals surface area contributed by atoms with Crippen LogP contribution < -0.4 is 0 Å². The standard InChI is InChI=1S/C22H15FN4/c23-16-12-10-15(11-13-16)21-26-19(14-6-2-1-3-7-14)20(27-21)22-24-17-8-4-5-9-18(17)25-22/h1-13H,(H,24,25)(H,26,27). The molecule has 5 heteroatoms. The van der Waals surface area contributed by atoms with E-state index in [-0.39, 0.29) is 5.82 Å². The van der Waals surface area contributed by atoms with Crippen molar-refractivity contribution in [3.05, 3.63) is 84.7 Å². The lowest BCUT2D eigenvalue weighted by molar-refractivity contribution is 0.628. The van der Waals surface area contributed by atoms with E-state index in [9.17, 15) is 4.39 Å². The summed E-state index contributed by atoms with van der Waals surface area (Å²) in [5.41, 5.74) is 5.26. The van der Waals surface area contributed by atoms with Crippen molar-refractivity contribution >= 4 is 11.0 Å². The molecule has 5 rings (SSSR count). The third-order valence-electron chi connectivity index (χ3n) is 4.49. The molecule has 0 aliphatic heterocycles. The van der Waals surface area contributed by atoms with Crippen molar-refractivity contribution in [3.8, 4) is 34.2 Å². The lowest BCUT2D eigenvalue weighted by atomic mass is 10.1. The van der Waals surface area contributed by atoms with Gasteiger partial charge in [-0.1, -0.05) is 42.5 Å². The molecule has 3 aromatic carbocycles. The van der Waals surface area contributed by atoms with Gasteiger partial charge in [0, 0.05) is 11.1 Å². The molecule has 0 unspecified atom stereocenters. The fourth-order valence-corrected chi connectivity index (χ4v) is 3.17. The molecule has 0 amide bonds. The van der Waals surface area contributed by atoms with E-state index in [2.05, 4.69) is 9.97 Å². The zero-order valence-corrected chi connectivity index (χ0v) is 14.3. The summed E-state index contributed by atoms with van der Waals surface area (Å²) in [5.74, 6) is 1.12. The Morgan fingerprint density at radius 1 is 0.630 bits per heavy atom. The van der Waals surface area contributed by atoms with E-state index in [0.717, 1.165) is 39.4 Å². The number of benzene rings is 3. The largest absolute Gasteiger partial charge is 0.337 e. The Balaban J connectivity index is 1.71. The number of fused-ring (bicyclic) bond motifs is 1. The second kappa shape index (κ2) is 6.21. The first-order chi connectivity index (χ1) is 13.3. The highest BCUT2D eigenvalue weighted by molar-refractivity contribution is 5.84. The predicted molar refractivity (Wildman–Crippen MR) is 105 cm³/mol. The van der Waals surface area contributed by atoms with Gasteiger partial charge in [-0.3, -0.25) is 0 Å². The summed E-state index contributed by atoms with van der Waals surface area (Å²) in [6.45, 7) is 0. The van der Waals surface area contributed by atoms with Crippen LogP contribution in [-0.4, -0.2) is 19.9 Å². The first-order valence-corrected chi connectivity index (χ1v) is 8.64. The molecular weight excluding hydrogens is 339 g/mol. The van der Waals surface area contributed by atoms with Crippen LogP contribution in [0.15, 0.2) is 78.9 Å². The molecule has 0 aliphatic rings. The quantitative estimate of drug-likeness (QED) is 0.454. The van der Waals surface area contributed by atoms with Crippen molar-refractivity contribution in [2.75, 3.05) is 0 Å². The zero-order chi connectivity index (χ0) is 18.2. The molecule has 2 N–H and O–H groups in total. The van der Waals surface area contributed by atoms with Crippen molar-refractivity contribution in [2.24, 2.45) is 0 Å². The van der Waals surface area contributed by atoms with Crippen molar-refractivity contribution in [1.82, 2.24) is 19.9 Å². The number of halogens is 1. The van der Waals surface area contributed by atoms with E-state index in [1.54, 1.807) is 12.1 Å². The number of para-hydroxylation sites is 2. The van der Waals surface area contributed by atoms with Crippen molar-refractivity contribution in [3.63, 3.8) is 0 Å². The van der Waals surface area contributed by atoms with Crippen LogP contribution in [-0.2, 0) is 0 Å². The van der Waals surface area contributed by atoms with Gasteiger partial charge in [0.15, 0.2) is 5.82 Å². The molecule has 2 aromatic heterocycles. The highest BCUT2D eigenvalue weighted by Gasteiger charge is 2.18. The van der Waals surface area contributed by atoms with Gasteiger partial charge >= 0.3 is 0 Å². The van der Waals surface area contributed by atoms with Crippen molar-refractivity contribution in [2.45, 2.75) is 0 Å². The smallest absolute Gasteiger partial charge is 0.157 e. The molecule has 0 saturated carbocycles. The Hall–Kier alpha value is -3.73. The number of hydrogen-bond acceptors (Lipinski definition) is 2. The fourth-order valence-electron chi connectivity index (χ4n) is 3.17. The third kappa shape index (κ3) is 2.79. The number of nitrogens with one attached hydrogen (secondary N) is 2. The normalized spacial score (nSPS) is 11.1. The Morgan fingerprint density at radius 3 is 2.15 bits per heavy atom. The molecule has 0 bridgehead atoms. The monoisotopic (exact) mass is 354 g/mol. The number of aromatic nitrogens is 4. The van der Waals surface area contributed by atoms with Crippen LogP contribution in [0.5, 0.6) is 0 Å². The highest BCUT2D eigenvalue weighted by Crippen LogP contribution is 2.32. The van der Waals surface area contributed by atoms with Crippen LogP contribution in [0, 0.1) is 5.82 Å². The summed E-state index contributed by atoms with van der Waals surface area (Å²) < 4.78 is 13.3. The van der Waals surface area contributed by atoms with Gasteiger partial charge in [0.25, 0.3) is 0 Å². The molecule has 0 aliphatic carbocycles. The second-order valence-electron chi connectivity index (χ2n) is 6.28. The van der Waals surface area contributed by atoms with Crippen LogP contribution in [0.1, 0.15) is 0 Å². The van der Waals surface area contributed by atoms with Gasteiger partial charge in [0.2, 0.25) is 0 Å². The average Bonchev–Trinajstić information content (AvgIpc) is 3.33. The van der Waals surface area contributed by atoms with Crippen LogP contribution in [0.4, 0.5) is 4.39 Å². The SMILES string of the molecule is Fc1ccc(-c2nc(-c3ccccc3)c(-c3nc4ccccc4[nH]3)[nH]2)cc1. The number of H-pyrrole nitrogens is 2. The van der Waals surface area contributed by atoms with Gasteiger partial charge in [-0.25, -0.2) is 14.4 Å². The molecular formula is C22H15FN4. The van der Waals surface area contributed by atoms with Gasteiger partial charge < -0.3 is 9.97 Å². The summed E-state index contributed by atoms with van der Waals surface area (Å²) in [7, 11) is 0. The lowest BCUT2D eigenvalue weighted by Gasteiger charge is -1.99. The Morgan fingerprint density at radius 2 is 1.37 bits per heavy atom. The van der Waals surface area contributed by atoms with Crippen LogP contribution >= 0.6 is 0 Å². The number of rotatable bonds is 3. The molecule has 5 aromatic rings. The molecule has 4 nitrogen and oxygen atoms in total. The third-order valence-corrected chi connectivity index (χ3v) is 4.49. The maximum absolute atomic E-state index is 13.3. The highest BCUT2D eigenvalue weighted by atomic mass is 19.1. The summed E-state index contributed by atoms with van der Waals surface area (Å²) in [5, 5.41) is 0. The minimum Gasteiger partial charge on any atom is -0.337 e. The molecule has 27 heavy (non-hydrogen) atoms. The molecule has 0 radical (unpaired) electrons. The summed E-state index contributed by atoms with van der Waals surface area (Å²) >= 11 is 0. The lowest BCUT2D eigenvalue weighted by Crippen LogP contribution is -1.85. The second-order valence-corrected chi connectivity index (χ2v) is 6.28. The van der Waals surface area contributed by atoms with E-state index in [1.165, 1.54) is 12.1 Å². The molecule has 130 valence electrons. The topological polar surface area (TPSA) is 57.4 Å². The first-order valence-electron chi connectivity index (χ1n) is 8.64. The molecule has 0 fully saturated rings. The Labute approximate surface area is 154 Å². The Bertz CT molecular complexity index is 1190. The van der Waals surface area contributed by atoms with Gasteiger partial charge in [0.1, 0.15) is 23.0 Å². The maximum atomic E-state index is 13.3. The van der Waals surface area contributed by atoms with Gasteiger partial charge in [0.05, 0.1) is 11.0 Å². The van der Waals surface area contributed by atoms with Crippen molar-refractivity contribution < 1.29 is 4.39 Å². The predicted octanol–water partition coefficient (Wildman–Crippen LogP) is 5.43. The number of nitrogens with zero attached hydrogens (tertiary/aromatic N) is 2. The minimum absolute atomic E-state index is 0.272. The van der Waals surface area contributed by atoms with Crippen LogP contribution in [0.2, 0.25) is 0 Å². The summed E-state index contributed by atoms with van der Waals surface area (Å²) in [6, 6.07) is 24.1. The van der Waals surface area contributed by atoms with Gasteiger partial charge in [-0.05, 0) is 36.4 Å². The summed E-state index contributed by atoms with van der Waals surface area (Å²) in [4.78, 5) is 16.2. The molecule has 2 heterocycles. The first kappa shape index (κ1) is 15.5. The average molecular weight is 354 g/mol. The number of hydrogen-bond donors (Lipinski definition) is 2. The van der Waals surface area contributed by atoms with Gasteiger partial charge in [-0.15, -0.1) is 0 Å². The summed E-state index contributed by atoms with van der Waals surface area (Å²) in [6.07, 6.45) is 0. The van der Waals surface area contributed by atoms with Gasteiger partial charge in [-0.2, -0.15) is 0 Å². The van der Waals surface area contributed by atoms with E-state index in [0.29, 0.717) is 5.82 Å². The van der Waals surface area contributed by atoms with Crippen LogP contribution in [0.25, 0.3) is 45.2 Å². The van der Waals surface area contributed by atoms with Crippen molar-refractivity contribution in [1.29, 1.82) is 0 Å². The number of imidazole rings is 2. The Kier molecular flexibility index (Phi) is 3.57. The van der Waals surface area contributed by atoms with E-state index in [4.69, 9.17) is 9.97 Å². The van der Waals surface area contributed by atoms with E-state index >= 15 is 0 Å². The maximum Gasteiger partial charge on any atom is 0.157 e. The molecule has 0 spiro atoms. The van der Waals surface area contributed by atoms with E-state index < -0.39 is 0 Å².